The normalized spacial score (nSPS) is 26.3. The Balaban J connectivity index is 2.09. The molecule has 1 aromatic heterocycles. The first kappa shape index (κ1) is 13.8. The van der Waals surface area contributed by atoms with E-state index in [1.807, 2.05) is 0 Å². The van der Waals surface area contributed by atoms with E-state index in [2.05, 4.69) is 43.3 Å². The lowest BCUT2D eigenvalue weighted by Crippen LogP contribution is -2.42. The van der Waals surface area contributed by atoms with Crippen molar-refractivity contribution in [2.45, 2.75) is 52.6 Å². The number of thiazole rings is 1. The molecule has 1 aromatic rings. The monoisotopic (exact) mass is 267 g/mol. The van der Waals surface area contributed by atoms with Gasteiger partial charge in [-0.15, -0.1) is 11.3 Å². The molecule has 0 spiro atoms. The highest BCUT2D eigenvalue weighted by Gasteiger charge is 2.26. The molecule has 0 amide bonds. The molecule has 4 heteroatoms. The summed E-state index contributed by atoms with van der Waals surface area (Å²) < 4.78 is 0. The molecule has 18 heavy (non-hydrogen) atoms. The second kappa shape index (κ2) is 6.02. The van der Waals surface area contributed by atoms with Gasteiger partial charge in [-0.1, -0.05) is 13.8 Å². The van der Waals surface area contributed by atoms with Crippen LogP contribution in [0.3, 0.4) is 0 Å². The second-order valence-corrected chi connectivity index (χ2v) is 6.22. The number of hydrogen-bond donors (Lipinski definition) is 1. The second-order valence-electron chi connectivity index (χ2n) is 5.39. The van der Waals surface area contributed by atoms with Crippen molar-refractivity contribution >= 4 is 16.5 Å². The molecule has 0 bridgehead atoms. The SMILES string of the molecule is CCNC(C)c1csc(N2CCCC(C)C2C)n1. The molecule has 0 saturated carbocycles. The van der Waals surface area contributed by atoms with Crippen LogP contribution in [-0.2, 0) is 0 Å². The van der Waals surface area contributed by atoms with Crippen molar-refractivity contribution in [3.05, 3.63) is 11.1 Å². The van der Waals surface area contributed by atoms with E-state index in [1.54, 1.807) is 11.3 Å². The summed E-state index contributed by atoms with van der Waals surface area (Å²) in [5, 5.41) is 6.83. The van der Waals surface area contributed by atoms with Gasteiger partial charge in [0.2, 0.25) is 0 Å². The average molecular weight is 267 g/mol. The standard InChI is InChI=1S/C14H25N3S/c1-5-15-11(3)13-9-18-14(16-13)17-8-6-7-10(2)12(17)4/h9-12,15H,5-8H2,1-4H3. The molecule has 1 N–H and O–H groups in total. The summed E-state index contributed by atoms with van der Waals surface area (Å²) in [7, 11) is 0. The van der Waals surface area contributed by atoms with Crippen LogP contribution in [0.5, 0.6) is 0 Å². The number of hydrogen-bond acceptors (Lipinski definition) is 4. The smallest absolute Gasteiger partial charge is 0.185 e. The molecule has 3 nitrogen and oxygen atoms in total. The van der Waals surface area contributed by atoms with E-state index in [9.17, 15) is 0 Å². The summed E-state index contributed by atoms with van der Waals surface area (Å²) in [6.45, 7) is 11.2. The van der Waals surface area contributed by atoms with Crippen molar-refractivity contribution in [1.29, 1.82) is 0 Å². The molecule has 2 heterocycles. The number of rotatable bonds is 4. The fraction of sp³-hybridized carbons (Fsp3) is 0.786. The molecule has 0 aliphatic carbocycles. The van der Waals surface area contributed by atoms with Gasteiger partial charge in [-0.25, -0.2) is 4.98 Å². The van der Waals surface area contributed by atoms with Crippen molar-refractivity contribution in [3.63, 3.8) is 0 Å². The van der Waals surface area contributed by atoms with Crippen molar-refractivity contribution in [1.82, 2.24) is 10.3 Å². The summed E-state index contributed by atoms with van der Waals surface area (Å²) in [4.78, 5) is 7.31. The fourth-order valence-electron chi connectivity index (χ4n) is 2.62. The molecule has 1 fully saturated rings. The minimum atomic E-state index is 0.359. The molecule has 1 aliphatic heterocycles. The Morgan fingerprint density at radius 1 is 1.56 bits per heavy atom. The Morgan fingerprint density at radius 2 is 2.33 bits per heavy atom. The van der Waals surface area contributed by atoms with Crippen LogP contribution in [0.2, 0.25) is 0 Å². The third kappa shape index (κ3) is 2.86. The Hall–Kier alpha value is -0.610. The van der Waals surface area contributed by atoms with E-state index in [0.717, 1.165) is 19.0 Å². The summed E-state index contributed by atoms with van der Waals surface area (Å²) in [5.41, 5.74) is 1.18. The van der Waals surface area contributed by atoms with Crippen molar-refractivity contribution in [2.24, 2.45) is 5.92 Å². The van der Waals surface area contributed by atoms with E-state index >= 15 is 0 Å². The van der Waals surface area contributed by atoms with Crippen molar-refractivity contribution in [3.8, 4) is 0 Å². The number of piperidine rings is 1. The Bertz CT molecular complexity index is 377. The number of nitrogens with zero attached hydrogens (tertiary/aromatic N) is 2. The number of anilines is 1. The zero-order valence-electron chi connectivity index (χ0n) is 11.9. The maximum atomic E-state index is 4.82. The van der Waals surface area contributed by atoms with E-state index in [4.69, 9.17) is 4.98 Å². The lowest BCUT2D eigenvalue weighted by Gasteiger charge is -2.37. The predicted octanol–water partition coefficient (Wildman–Crippen LogP) is 3.44. The molecule has 0 radical (unpaired) electrons. The summed E-state index contributed by atoms with van der Waals surface area (Å²) in [6.07, 6.45) is 2.65. The van der Waals surface area contributed by atoms with E-state index in [1.165, 1.54) is 23.7 Å². The van der Waals surface area contributed by atoms with Gasteiger partial charge in [0.25, 0.3) is 0 Å². The zero-order valence-corrected chi connectivity index (χ0v) is 12.8. The van der Waals surface area contributed by atoms with Crippen LogP contribution >= 0.6 is 11.3 Å². The molecule has 3 unspecified atom stereocenters. The van der Waals surface area contributed by atoms with Gasteiger partial charge in [-0.3, -0.25) is 0 Å². The maximum Gasteiger partial charge on any atom is 0.185 e. The van der Waals surface area contributed by atoms with E-state index in [-0.39, 0.29) is 0 Å². The maximum absolute atomic E-state index is 4.82. The van der Waals surface area contributed by atoms with Crippen LogP contribution in [0.4, 0.5) is 5.13 Å². The van der Waals surface area contributed by atoms with Gasteiger partial charge in [0.1, 0.15) is 0 Å². The van der Waals surface area contributed by atoms with Gasteiger partial charge in [-0.2, -0.15) is 0 Å². The molecule has 102 valence electrons. The highest BCUT2D eigenvalue weighted by Crippen LogP contribution is 2.31. The van der Waals surface area contributed by atoms with Crippen molar-refractivity contribution < 1.29 is 0 Å². The van der Waals surface area contributed by atoms with Gasteiger partial charge in [-0.05, 0) is 39.2 Å². The van der Waals surface area contributed by atoms with Crippen LogP contribution in [0.1, 0.15) is 52.3 Å². The minimum absolute atomic E-state index is 0.359. The van der Waals surface area contributed by atoms with Crippen LogP contribution in [0.15, 0.2) is 5.38 Å². The van der Waals surface area contributed by atoms with Gasteiger partial charge in [0.05, 0.1) is 5.69 Å². The van der Waals surface area contributed by atoms with Gasteiger partial charge in [0, 0.05) is 24.0 Å². The van der Waals surface area contributed by atoms with Crippen LogP contribution in [0, 0.1) is 5.92 Å². The molecular weight excluding hydrogens is 242 g/mol. The molecule has 0 aromatic carbocycles. The number of nitrogens with one attached hydrogen (secondary N) is 1. The van der Waals surface area contributed by atoms with E-state index in [0.29, 0.717) is 12.1 Å². The van der Waals surface area contributed by atoms with Crippen molar-refractivity contribution in [2.75, 3.05) is 18.0 Å². The van der Waals surface area contributed by atoms with Crippen LogP contribution in [0.25, 0.3) is 0 Å². The summed E-state index contributed by atoms with van der Waals surface area (Å²) >= 11 is 1.79. The molecule has 1 aliphatic rings. The third-order valence-electron chi connectivity index (χ3n) is 4.08. The molecule has 3 atom stereocenters. The van der Waals surface area contributed by atoms with E-state index < -0.39 is 0 Å². The third-order valence-corrected chi connectivity index (χ3v) is 4.98. The zero-order chi connectivity index (χ0) is 13.1. The van der Waals surface area contributed by atoms with Crippen LogP contribution < -0.4 is 10.2 Å². The van der Waals surface area contributed by atoms with Gasteiger partial charge in [0.15, 0.2) is 5.13 Å². The molecule has 2 rings (SSSR count). The largest absolute Gasteiger partial charge is 0.345 e. The molecular formula is C14H25N3S. The van der Waals surface area contributed by atoms with Gasteiger partial charge < -0.3 is 10.2 Å². The summed E-state index contributed by atoms with van der Waals surface area (Å²) in [5.74, 6) is 0.775. The fourth-order valence-corrected chi connectivity index (χ4v) is 3.66. The predicted molar refractivity (Wildman–Crippen MR) is 79.4 cm³/mol. The Labute approximate surface area is 115 Å². The molecule has 1 saturated heterocycles. The highest BCUT2D eigenvalue weighted by molar-refractivity contribution is 7.13. The minimum Gasteiger partial charge on any atom is -0.345 e. The Kier molecular flexibility index (Phi) is 4.62. The highest BCUT2D eigenvalue weighted by atomic mass is 32.1. The Morgan fingerprint density at radius 3 is 3.06 bits per heavy atom. The number of aromatic nitrogens is 1. The first-order valence-electron chi connectivity index (χ1n) is 7.09. The average Bonchev–Trinajstić information content (AvgIpc) is 2.82. The summed E-state index contributed by atoms with van der Waals surface area (Å²) in [6, 6.07) is 0.977. The first-order chi connectivity index (χ1) is 8.63. The topological polar surface area (TPSA) is 28.2 Å². The van der Waals surface area contributed by atoms with Crippen LogP contribution in [-0.4, -0.2) is 24.1 Å². The quantitative estimate of drug-likeness (QED) is 0.906. The lowest BCUT2D eigenvalue weighted by molar-refractivity contribution is 0.363. The first-order valence-corrected chi connectivity index (χ1v) is 7.97. The van der Waals surface area contributed by atoms with Gasteiger partial charge >= 0.3 is 0 Å². The lowest BCUT2D eigenvalue weighted by atomic mass is 9.93.